The van der Waals surface area contributed by atoms with Gasteiger partial charge in [-0.1, -0.05) is 6.58 Å². The normalized spacial score (nSPS) is 11.1. The summed E-state index contributed by atoms with van der Waals surface area (Å²) in [5.41, 5.74) is 0.525. The van der Waals surface area contributed by atoms with E-state index in [1.165, 1.54) is 12.2 Å². The van der Waals surface area contributed by atoms with Gasteiger partial charge in [0.2, 0.25) is 0 Å². The predicted octanol–water partition coefficient (Wildman–Crippen LogP) is -0.420. The van der Waals surface area contributed by atoms with Gasteiger partial charge in [0.05, 0.1) is 10.2 Å². The Morgan fingerprint density at radius 1 is 1.50 bits per heavy atom. The van der Waals surface area contributed by atoms with Crippen LogP contribution in [0.15, 0.2) is 24.3 Å². The predicted molar refractivity (Wildman–Crippen MR) is 43.9 cm³/mol. The van der Waals surface area contributed by atoms with Crippen molar-refractivity contribution in [1.82, 2.24) is 0 Å². The van der Waals surface area contributed by atoms with E-state index < -0.39 is 0 Å². The lowest BCUT2D eigenvalue weighted by atomic mass is 10.2. The van der Waals surface area contributed by atoms with Gasteiger partial charge >= 0.3 is 0 Å². The van der Waals surface area contributed by atoms with Crippen molar-refractivity contribution in [2.75, 3.05) is 0 Å². The van der Waals surface area contributed by atoms with Gasteiger partial charge in [-0.25, -0.2) is 0 Å². The largest absolute Gasteiger partial charge is 0.302 e. The molecule has 0 aliphatic heterocycles. The molecule has 0 spiro atoms. The first kappa shape index (κ1) is 9.04. The monoisotopic (exact) mass is 154 g/mol. The Morgan fingerprint density at radius 2 is 2.00 bits per heavy atom. The van der Waals surface area contributed by atoms with Gasteiger partial charge in [0, 0.05) is 0 Å². The van der Waals surface area contributed by atoms with E-state index >= 15 is 0 Å². The molecule has 0 aliphatic carbocycles. The number of carbonyl (C=O) groups excluding carboxylic acids is 2. The fraction of sp³-hybridized carbons (Fsp3) is 0.143. The topological polar surface area (TPSA) is 34.1 Å². The molecular weight excluding hydrogens is 144 g/mol. The Hall–Kier alpha value is -0.963. The molecule has 0 aromatic heterocycles. The smallest absolute Gasteiger partial charge is 0.178 e. The van der Waals surface area contributed by atoms with Crippen LogP contribution in [-0.2, 0) is 9.59 Å². The van der Waals surface area contributed by atoms with Gasteiger partial charge in [-0.3, -0.25) is 4.79 Å². The number of ketones is 1. The average Bonchev–Trinajstić information content (AvgIpc) is 1.87. The zero-order chi connectivity index (χ0) is 8.15. The molecule has 54 valence electrons. The molecule has 0 aromatic rings. The summed E-state index contributed by atoms with van der Waals surface area (Å²) >= 11 is 0. The van der Waals surface area contributed by atoms with Gasteiger partial charge in [-0.15, -0.1) is 0 Å². The molecule has 0 aromatic carbocycles. The molecule has 0 heterocycles. The van der Waals surface area contributed by atoms with Crippen molar-refractivity contribution in [3.8, 4) is 0 Å². The van der Waals surface area contributed by atoms with Crippen molar-refractivity contribution in [3.05, 3.63) is 24.3 Å². The van der Waals surface area contributed by atoms with Crippen LogP contribution in [-0.4, -0.2) is 21.4 Å². The van der Waals surface area contributed by atoms with Crippen LogP contribution in [0.25, 0.3) is 0 Å². The summed E-state index contributed by atoms with van der Waals surface area (Å²) in [6.45, 7) is 4.91. The first-order valence-electron chi connectivity index (χ1n) is 2.93. The maximum Gasteiger partial charge on any atom is 0.178 e. The summed E-state index contributed by atoms with van der Waals surface area (Å²) in [7, 11) is 0.467. The van der Waals surface area contributed by atoms with E-state index in [1.807, 2.05) is 0 Å². The van der Waals surface area contributed by atoms with Crippen molar-refractivity contribution in [2.45, 2.75) is 6.92 Å². The van der Waals surface area contributed by atoms with Crippen LogP contribution < -0.4 is 0 Å². The fourth-order valence-corrected chi connectivity index (χ4v) is 0.518. The highest BCUT2D eigenvalue weighted by Crippen LogP contribution is 1.91. The first-order chi connectivity index (χ1) is 4.57. The number of carbonyl (C=O) groups is 2. The van der Waals surface area contributed by atoms with E-state index in [2.05, 4.69) is 6.58 Å². The third kappa shape index (κ3) is 3.14. The van der Waals surface area contributed by atoms with Gasteiger partial charge < -0.3 is 4.79 Å². The third-order valence-corrected chi connectivity index (χ3v) is 1.90. The van der Waals surface area contributed by atoms with Crippen molar-refractivity contribution in [1.29, 1.82) is 0 Å². The molecule has 0 rings (SSSR count). The highest BCUT2D eigenvalue weighted by Gasteiger charge is 1.96. The maximum absolute atomic E-state index is 10.6. The number of rotatable bonds is 3. The van der Waals surface area contributed by atoms with Crippen LogP contribution in [0.1, 0.15) is 6.92 Å². The minimum absolute atomic E-state index is 0.0511. The Kier molecular flexibility index (Phi) is 3.57. The Morgan fingerprint density at radius 3 is 2.30 bits per heavy atom. The molecule has 0 N–H and O–H groups in total. The Labute approximate surface area is 63.0 Å². The third-order valence-electron chi connectivity index (χ3n) is 1.12. The van der Waals surface area contributed by atoms with Crippen LogP contribution in [0.5, 0.6) is 0 Å². The van der Waals surface area contributed by atoms with Crippen LogP contribution in [0.4, 0.5) is 0 Å². The van der Waals surface area contributed by atoms with Crippen LogP contribution in [0.3, 0.4) is 0 Å². The molecule has 0 radical (unpaired) electrons. The molecular formula is C7H10O2Si. The maximum atomic E-state index is 10.6. The van der Waals surface area contributed by atoms with Gasteiger partial charge in [-0.2, -0.15) is 0 Å². The first-order valence-corrected chi connectivity index (χ1v) is 3.93. The van der Waals surface area contributed by atoms with E-state index in [4.69, 9.17) is 0 Å². The summed E-state index contributed by atoms with van der Waals surface area (Å²) in [4.78, 5) is 21.2. The van der Waals surface area contributed by atoms with Gasteiger partial charge in [0.15, 0.2) is 5.78 Å². The molecule has 10 heavy (non-hydrogen) atoms. The lowest BCUT2D eigenvalue weighted by molar-refractivity contribution is -0.111. The van der Waals surface area contributed by atoms with Gasteiger partial charge in [0.1, 0.15) is 5.41 Å². The summed E-state index contributed by atoms with van der Waals surface area (Å²) in [5.74, 6) is -0.207. The molecule has 0 atom stereocenters. The minimum Gasteiger partial charge on any atom is -0.302 e. The van der Waals surface area contributed by atoms with Crippen molar-refractivity contribution in [2.24, 2.45) is 0 Å². The van der Waals surface area contributed by atoms with Gasteiger partial charge in [0.25, 0.3) is 0 Å². The van der Waals surface area contributed by atoms with E-state index in [9.17, 15) is 9.59 Å². The van der Waals surface area contributed by atoms with Crippen molar-refractivity contribution < 1.29 is 9.59 Å². The molecule has 0 unspecified atom stereocenters. The molecule has 0 saturated heterocycles. The summed E-state index contributed by atoms with van der Waals surface area (Å²) in [5, 5.41) is 0.0511. The quantitative estimate of drug-likeness (QED) is 0.409. The van der Waals surface area contributed by atoms with Crippen molar-refractivity contribution in [3.63, 3.8) is 0 Å². The fourth-order valence-electron chi connectivity index (χ4n) is 0.374. The molecule has 0 saturated carbocycles. The highest BCUT2D eigenvalue weighted by molar-refractivity contribution is 6.62. The molecule has 3 heteroatoms. The van der Waals surface area contributed by atoms with E-state index in [0.29, 0.717) is 15.8 Å². The number of allylic oxidation sites excluding steroid dienone is 3. The van der Waals surface area contributed by atoms with Crippen LogP contribution in [0, 0.1) is 0 Å². The van der Waals surface area contributed by atoms with E-state index in [-0.39, 0.29) is 11.2 Å². The second-order valence-corrected chi connectivity index (χ2v) is 2.90. The second-order valence-electron chi connectivity index (χ2n) is 1.99. The second kappa shape index (κ2) is 3.95. The average molecular weight is 154 g/mol. The number of hydrogen-bond acceptors (Lipinski definition) is 2. The standard InChI is InChI=1S/C7H10O2Si/c1-3-6(8)4-5(2)7(9)10/h3-4H,1H2,2,10H3. The van der Waals surface area contributed by atoms with Crippen LogP contribution in [0.2, 0.25) is 0 Å². The Balaban J connectivity index is 4.30. The Bertz CT molecular complexity index is 204. The molecule has 0 amide bonds. The molecule has 0 fully saturated rings. The van der Waals surface area contributed by atoms with E-state index in [1.54, 1.807) is 6.92 Å². The lowest BCUT2D eigenvalue weighted by Gasteiger charge is -1.89. The molecule has 0 aliphatic rings. The van der Waals surface area contributed by atoms with E-state index in [0.717, 1.165) is 0 Å². The number of hydrogen-bond donors (Lipinski definition) is 0. The summed E-state index contributed by atoms with van der Waals surface area (Å²) < 4.78 is 0. The zero-order valence-corrected chi connectivity index (χ0v) is 8.18. The SMILES string of the molecule is C=CC(=O)C=C(C)C(=O)[SiH3]. The lowest BCUT2D eigenvalue weighted by Crippen LogP contribution is -1.99. The minimum atomic E-state index is -0.207. The molecule has 0 bridgehead atoms. The molecule has 2 nitrogen and oxygen atoms in total. The van der Waals surface area contributed by atoms with Gasteiger partial charge in [-0.05, 0) is 24.6 Å². The highest BCUT2D eigenvalue weighted by atomic mass is 28.1. The summed E-state index contributed by atoms with van der Waals surface area (Å²) in [6.07, 6.45) is 2.50. The summed E-state index contributed by atoms with van der Waals surface area (Å²) in [6, 6.07) is 0. The van der Waals surface area contributed by atoms with Crippen LogP contribution >= 0.6 is 0 Å². The zero-order valence-electron chi connectivity index (χ0n) is 6.18. The van der Waals surface area contributed by atoms with Crippen molar-refractivity contribution >= 4 is 21.4 Å².